The Morgan fingerprint density at radius 3 is 2.68 bits per heavy atom. The quantitative estimate of drug-likeness (QED) is 0.487. The van der Waals surface area contributed by atoms with Crippen LogP contribution in [0.4, 0.5) is 5.69 Å². The normalized spacial score (nSPS) is 16.8. The van der Waals surface area contributed by atoms with Crippen molar-refractivity contribution in [3.63, 3.8) is 0 Å². The first-order chi connectivity index (χ1) is 13.5. The van der Waals surface area contributed by atoms with Crippen LogP contribution < -0.4 is 5.32 Å². The molecule has 1 aromatic heterocycles. The van der Waals surface area contributed by atoms with Gasteiger partial charge in [-0.05, 0) is 54.6 Å². The van der Waals surface area contributed by atoms with Crippen LogP contribution in [0.5, 0.6) is 0 Å². The fourth-order valence-electron chi connectivity index (χ4n) is 2.59. The van der Waals surface area contributed by atoms with Crippen LogP contribution in [-0.4, -0.2) is 11.1 Å². The van der Waals surface area contributed by atoms with Gasteiger partial charge in [-0.1, -0.05) is 47.5 Å². The third-order valence-corrected chi connectivity index (χ3v) is 5.72. The molecule has 0 unspecified atom stereocenters. The Morgan fingerprint density at radius 2 is 1.89 bits per heavy atom. The van der Waals surface area contributed by atoms with Gasteiger partial charge in [-0.25, -0.2) is 4.99 Å². The third-order valence-electron chi connectivity index (χ3n) is 4.08. The summed E-state index contributed by atoms with van der Waals surface area (Å²) in [6.07, 6.45) is 1.69. The highest BCUT2D eigenvalue weighted by atomic mass is 35.5. The van der Waals surface area contributed by atoms with E-state index in [9.17, 15) is 4.79 Å². The maximum Gasteiger partial charge on any atom is 0.264 e. The van der Waals surface area contributed by atoms with E-state index in [1.54, 1.807) is 18.2 Å². The van der Waals surface area contributed by atoms with Crippen LogP contribution in [0, 0.1) is 6.92 Å². The number of nitrogens with zero attached hydrogens (tertiary/aromatic N) is 1. The van der Waals surface area contributed by atoms with Gasteiger partial charge >= 0.3 is 0 Å². The van der Waals surface area contributed by atoms with Crippen LogP contribution in [0.25, 0.3) is 17.4 Å². The van der Waals surface area contributed by atoms with Crippen molar-refractivity contribution in [3.8, 4) is 11.3 Å². The molecule has 2 aromatic carbocycles. The van der Waals surface area contributed by atoms with Gasteiger partial charge in [-0.3, -0.25) is 4.79 Å². The summed E-state index contributed by atoms with van der Waals surface area (Å²) in [6, 6.07) is 16.6. The number of thioether (sulfide) groups is 1. The van der Waals surface area contributed by atoms with E-state index in [2.05, 4.69) is 10.3 Å². The van der Waals surface area contributed by atoms with Crippen molar-refractivity contribution >= 4 is 57.8 Å². The van der Waals surface area contributed by atoms with Gasteiger partial charge in [0.1, 0.15) is 11.5 Å². The van der Waals surface area contributed by atoms with E-state index >= 15 is 0 Å². The summed E-state index contributed by atoms with van der Waals surface area (Å²) in [4.78, 5) is 17.1. The van der Waals surface area contributed by atoms with Crippen molar-refractivity contribution < 1.29 is 9.21 Å². The molecular formula is C21H14Cl2N2O2S. The summed E-state index contributed by atoms with van der Waals surface area (Å²) >= 11 is 13.5. The topological polar surface area (TPSA) is 54.6 Å². The van der Waals surface area contributed by atoms with E-state index in [1.165, 1.54) is 11.8 Å². The van der Waals surface area contributed by atoms with Gasteiger partial charge < -0.3 is 9.73 Å². The Kier molecular flexibility index (Phi) is 5.31. The molecule has 7 heteroatoms. The molecule has 0 atom stereocenters. The second kappa shape index (κ2) is 7.87. The standard InChI is InChI=1S/C21H14Cl2N2O2S/c1-12-6-7-13(10-16(12)23)18-9-8-14(27-18)11-19-20(26)25-21(28-19)24-17-5-3-2-4-15(17)22/h2-11H,1H3,(H,24,25,26)/b19-11-. The molecule has 1 N–H and O–H groups in total. The molecule has 28 heavy (non-hydrogen) atoms. The number of halogens is 2. The van der Waals surface area contributed by atoms with Crippen molar-refractivity contribution in [1.82, 2.24) is 5.32 Å². The van der Waals surface area contributed by atoms with Crippen molar-refractivity contribution in [2.45, 2.75) is 6.92 Å². The van der Waals surface area contributed by atoms with E-state index in [0.29, 0.717) is 37.3 Å². The second-order valence-electron chi connectivity index (χ2n) is 6.10. The Labute approximate surface area is 176 Å². The summed E-state index contributed by atoms with van der Waals surface area (Å²) in [5.74, 6) is 1.03. The summed E-state index contributed by atoms with van der Waals surface area (Å²) in [6.45, 7) is 1.95. The molecule has 0 saturated carbocycles. The lowest BCUT2D eigenvalue weighted by Crippen LogP contribution is -2.19. The molecular weight excluding hydrogens is 415 g/mol. The first-order valence-corrected chi connectivity index (χ1v) is 9.97. The molecule has 1 aliphatic rings. The molecule has 4 nitrogen and oxygen atoms in total. The predicted molar refractivity (Wildman–Crippen MR) is 116 cm³/mol. The van der Waals surface area contributed by atoms with E-state index in [-0.39, 0.29) is 5.91 Å². The maximum atomic E-state index is 12.2. The molecule has 0 radical (unpaired) electrons. The van der Waals surface area contributed by atoms with Gasteiger partial charge in [0.2, 0.25) is 0 Å². The number of hydrogen-bond acceptors (Lipinski definition) is 4. The van der Waals surface area contributed by atoms with Crippen LogP contribution in [0.2, 0.25) is 10.0 Å². The zero-order valence-corrected chi connectivity index (χ0v) is 17.0. The average Bonchev–Trinajstić information content (AvgIpc) is 3.27. The number of furan rings is 1. The van der Waals surface area contributed by atoms with Crippen LogP contribution in [0.3, 0.4) is 0 Å². The number of carbonyl (C=O) groups is 1. The molecule has 0 bridgehead atoms. The van der Waals surface area contributed by atoms with Gasteiger partial charge in [0.05, 0.1) is 15.6 Å². The summed E-state index contributed by atoms with van der Waals surface area (Å²) in [5, 5.41) is 4.42. The number of carbonyl (C=O) groups excluding carboxylic acids is 1. The number of aliphatic imine (C=N–C) groups is 1. The molecule has 1 aliphatic heterocycles. The average molecular weight is 429 g/mol. The van der Waals surface area contributed by atoms with Crippen LogP contribution in [-0.2, 0) is 4.79 Å². The lowest BCUT2D eigenvalue weighted by Gasteiger charge is -2.00. The molecule has 3 aromatic rings. The number of para-hydroxylation sites is 1. The van der Waals surface area contributed by atoms with Gasteiger partial charge in [-0.15, -0.1) is 0 Å². The number of benzene rings is 2. The number of aryl methyl sites for hydroxylation is 1. The predicted octanol–water partition coefficient (Wildman–Crippen LogP) is 6.45. The van der Waals surface area contributed by atoms with E-state index in [1.807, 2.05) is 49.4 Å². The number of hydrogen-bond donors (Lipinski definition) is 1. The zero-order valence-electron chi connectivity index (χ0n) is 14.7. The molecule has 1 saturated heterocycles. The molecule has 140 valence electrons. The minimum atomic E-state index is -0.230. The van der Waals surface area contributed by atoms with E-state index < -0.39 is 0 Å². The van der Waals surface area contributed by atoms with E-state index in [4.69, 9.17) is 27.6 Å². The smallest absolute Gasteiger partial charge is 0.264 e. The molecule has 0 spiro atoms. The lowest BCUT2D eigenvalue weighted by atomic mass is 10.1. The number of amides is 1. The fourth-order valence-corrected chi connectivity index (χ4v) is 3.77. The van der Waals surface area contributed by atoms with Crippen molar-refractivity contribution in [3.05, 3.63) is 80.9 Å². The van der Waals surface area contributed by atoms with Gasteiger partial charge in [0, 0.05) is 16.7 Å². The van der Waals surface area contributed by atoms with Crippen molar-refractivity contribution in [1.29, 1.82) is 0 Å². The monoisotopic (exact) mass is 428 g/mol. The lowest BCUT2D eigenvalue weighted by molar-refractivity contribution is -0.115. The Bertz CT molecular complexity index is 1130. The molecule has 4 rings (SSSR count). The van der Waals surface area contributed by atoms with E-state index in [0.717, 1.165) is 11.1 Å². The minimum Gasteiger partial charge on any atom is -0.457 e. The van der Waals surface area contributed by atoms with Crippen LogP contribution in [0.1, 0.15) is 11.3 Å². The second-order valence-corrected chi connectivity index (χ2v) is 7.94. The molecule has 1 fully saturated rings. The van der Waals surface area contributed by atoms with Crippen molar-refractivity contribution in [2.75, 3.05) is 0 Å². The largest absolute Gasteiger partial charge is 0.457 e. The van der Waals surface area contributed by atoms with Gasteiger partial charge in [0.25, 0.3) is 5.91 Å². The first-order valence-electron chi connectivity index (χ1n) is 8.40. The van der Waals surface area contributed by atoms with Crippen LogP contribution in [0.15, 0.2) is 68.9 Å². The number of rotatable bonds is 3. The maximum absolute atomic E-state index is 12.2. The SMILES string of the molecule is Cc1ccc(-c2ccc(/C=C3\SC(=Nc4ccccc4Cl)NC3=O)o2)cc1Cl. The van der Waals surface area contributed by atoms with Crippen LogP contribution >= 0.6 is 35.0 Å². The first kappa shape index (κ1) is 18.9. The summed E-state index contributed by atoms with van der Waals surface area (Å²) < 4.78 is 5.86. The Morgan fingerprint density at radius 1 is 1.07 bits per heavy atom. The molecule has 0 aliphatic carbocycles. The Balaban J connectivity index is 1.56. The Hall–Kier alpha value is -2.47. The highest BCUT2D eigenvalue weighted by Crippen LogP contribution is 2.32. The minimum absolute atomic E-state index is 0.230. The highest BCUT2D eigenvalue weighted by molar-refractivity contribution is 8.18. The molecule has 2 heterocycles. The number of nitrogens with one attached hydrogen (secondary N) is 1. The zero-order chi connectivity index (χ0) is 19.7. The van der Waals surface area contributed by atoms with Gasteiger partial charge in [-0.2, -0.15) is 0 Å². The van der Waals surface area contributed by atoms with Gasteiger partial charge in [0.15, 0.2) is 5.17 Å². The highest BCUT2D eigenvalue weighted by Gasteiger charge is 2.24. The summed E-state index contributed by atoms with van der Waals surface area (Å²) in [5.41, 5.74) is 2.48. The van der Waals surface area contributed by atoms with Crippen molar-refractivity contribution in [2.24, 2.45) is 4.99 Å². The number of amidine groups is 1. The fraction of sp³-hybridized carbons (Fsp3) is 0.0476. The summed E-state index contributed by atoms with van der Waals surface area (Å²) in [7, 11) is 0. The third kappa shape index (κ3) is 4.02. The molecule has 1 amide bonds.